The molecule has 0 aromatic heterocycles. The van der Waals surface area contributed by atoms with Crippen molar-refractivity contribution in [3.05, 3.63) is 17.7 Å². The summed E-state index contributed by atoms with van der Waals surface area (Å²) >= 11 is 0. The lowest BCUT2D eigenvalue weighted by Gasteiger charge is -2.31. The average molecular weight is 403 g/mol. The SMILES string of the molecule is CC(C)(O)C(C)(C)O.[B]c1cc(OC)c(C(=O)NC2CC2F)c(OC(F)F)c1. The van der Waals surface area contributed by atoms with Crippen molar-refractivity contribution in [2.45, 2.75) is 64.1 Å². The minimum Gasteiger partial charge on any atom is -0.496 e. The van der Waals surface area contributed by atoms with Gasteiger partial charge in [-0.05, 0) is 39.8 Å². The number of benzene rings is 1. The maximum absolute atomic E-state index is 12.8. The molecule has 1 amide bonds. The Morgan fingerprint density at radius 2 is 1.68 bits per heavy atom. The molecule has 10 heteroatoms. The topological polar surface area (TPSA) is 88.0 Å². The highest BCUT2D eigenvalue weighted by Gasteiger charge is 2.39. The third kappa shape index (κ3) is 6.90. The van der Waals surface area contributed by atoms with Crippen molar-refractivity contribution in [3.8, 4) is 11.5 Å². The molecule has 1 aromatic carbocycles. The number of amides is 1. The van der Waals surface area contributed by atoms with Gasteiger partial charge in [0.1, 0.15) is 31.1 Å². The second-order valence-corrected chi connectivity index (χ2v) is 7.42. The van der Waals surface area contributed by atoms with Gasteiger partial charge < -0.3 is 25.0 Å². The summed E-state index contributed by atoms with van der Waals surface area (Å²) in [5, 5.41) is 20.6. The van der Waals surface area contributed by atoms with Gasteiger partial charge >= 0.3 is 6.61 Å². The van der Waals surface area contributed by atoms with Crippen LogP contribution in [-0.2, 0) is 0 Å². The number of hydrogen-bond donors (Lipinski definition) is 3. The van der Waals surface area contributed by atoms with Gasteiger partial charge in [-0.2, -0.15) is 8.78 Å². The number of carbonyl (C=O) groups excluding carboxylic acids is 1. The summed E-state index contributed by atoms with van der Waals surface area (Å²) in [7, 11) is 6.78. The normalized spacial score (nSPS) is 18.8. The van der Waals surface area contributed by atoms with E-state index in [1.54, 1.807) is 27.7 Å². The van der Waals surface area contributed by atoms with Crippen LogP contribution in [0.4, 0.5) is 13.2 Å². The molecular formula is C18H25BF3NO5. The second kappa shape index (κ2) is 9.04. The molecule has 1 aromatic rings. The molecule has 0 spiro atoms. The van der Waals surface area contributed by atoms with Gasteiger partial charge in [-0.1, -0.05) is 5.46 Å². The molecule has 0 bridgehead atoms. The van der Waals surface area contributed by atoms with Gasteiger partial charge in [0.05, 0.1) is 24.4 Å². The summed E-state index contributed by atoms with van der Waals surface area (Å²) < 4.78 is 46.7. The first kappa shape index (κ1) is 24.1. The van der Waals surface area contributed by atoms with Crippen LogP contribution in [0.3, 0.4) is 0 Å². The number of aliphatic hydroxyl groups is 2. The van der Waals surface area contributed by atoms with Crippen molar-refractivity contribution in [2.24, 2.45) is 0 Å². The van der Waals surface area contributed by atoms with Crippen molar-refractivity contribution < 1.29 is 37.7 Å². The van der Waals surface area contributed by atoms with Gasteiger partial charge in [0.25, 0.3) is 5.91 Å². The molecular weight excluding hydrogens is 378 g/mol. The highest BCUT2D eigenvalue weighted by molar-refractivity contribution is 6.33. The minimum atomic E-state index is -3.12. The zero-order chi connectivity index (χ0) is 21.9. The van der Waals surface area contributed by atoms with Gasteiger partial charge in [-0.15, -0.1) is 0 Å². The number of hydrogen-bond acceptors (Lipinski definition) is 5. The zero-order valence-electron chi connectivity index (χ0n) is 16.4. The number of alkyl halides is 3. The molecule has 0 aliphatic heterocycles. The zero-order valence-corrected chi connectivity index (χ0v) is 16.4. The van der Waals surface area contributed by atoms with Crippen molar-refractivity contribution in [2.75, 3.05) is 7.11 Å². The second-order valence-electron chi connectivity index (χ2n) is 7.42. The van der Waals surface area contributed by atoms with Gasteiger partial charge in [-0.25, -0.2) is 4.39 Å². The fraction of sp³-hybridized carbons (Fsp3) is 0.611. The molecule has 6 nitrogen and oxygen atoms in total. The molecule has 1 aliphatic rings. The number of ether oxygens (including phenoxy) is 2. The minimum absolute atomic E-state index is 0.0193. The van der Waals surface area contributed by atoms with Crippen LogP contribution in [0.2, 0.25) is 0 Å². The van der Waals surface area contributed by atoms with E-state index in [1.807, 2.05) is 0 Å². The summed E-state index contributed by atoms with van der Waals surface area (Å²) in [6.45, 7) is 3.18. The largest absolute Gasteiger partial charge is 0.496 e. The highest BCUT2D eigenvalue weighted by atomic mass is 19.3. The molecule has 3 N–H and O–H groups in total. The van der Waals surface area contributed by atoms with Crippen LogP contribution >= 0.6 is 0 Å². The lowest BCUT2D eigenvalue weighted by atomic mass is 9.90. The lowest BCUT2D eigenvalue weighted by molar-refractivity contribution is -0.107. The summed E-state index contributed by atoms with van der Waals surface area (Å²) in [4.78, 5) is 12.0. The van der Waals surface area contributed by atoms with Crippen LogP contribution in [0, 0.1) is 0 Å². The van der Waals surface area contributed by atoms with Crippen LogP contribution in [-0.4, -0.2) is 61.1 Å². The van der Waals surface area contributed by atoms with Crippen molar-refractivity contribution in [3.63, 3.8) is 0 Å². The van der Waals surface area contributed by atoms with Crippen LogP contribution in [0.1, 0.15) is 44.5 Å². The fourth-order valence-corrected chi connectivity index (χ4v) is 1.74. The molecule has 0 saturated heterocycles. The predicted octanol–water partition coefficient (Wildman–Crippen LogP) is 1.46. The summed E-state index contributed by atoms with van der Waals surface area (Å²) in [5.74, 6) is -1.18. The number of nitrogens with one attached hydrogen (secondary N) is 1. The molecule has 2 atom stereocenters. The van der Waals surface area contributed by atoms with Crippen LogP contribution in [0.25, 0.3) is 0 Å². The van der Waals surface area contributed by atoms with E-state index in [-0.39, 0.29) is 23.2 Å². The Hall–Kier alpha value is -1.94. The number of carbonyl (C=O) groups is 1. The first-order valence-corrected chi connectivity index (χ1v) is 8.49. The molecule has 1 aliphatic carbocycles. The van der Waals surface area contributed by atoms with E-state index in [0.29, 0.717) is 0 Å². The maximum Gasteiger partial charge on any atom is 0.387 e. The Morgan fingerprint density at radius 1 is 1.21 bits per heavy atom. The van der Waals surface area contributed by atoms with E-state index in [2.05, 4.69) is 10.1 Å². The lowest BCUT2D eigenvalue weighted by Crippen LogP contribution is -2.44. The van der Waals surface area contributed by atoms with E-state index >= 15 is 0 Å². The van der Waals surface area contributed by atoms with E-state index in [1.165, 1.54) is 13.2 Å². The first-order chi connectivity index (χ1) is 12.7. The molecule has 156 valence electrons. The summed E-state index contributed by atoms with van der Waals surface area (Å²) in [5.41, 5.74) is -2.15. The number of halogens is 3. The Balaban J connectivity index is 0.000000416. The molecule has 2 rings (SSSR count). The first-order valence-electron chi connectivity index (χ1n) is 8.49. The highest BCUT2D eigenvalue weighted by Crippen LogP contribution is 2.31. The number of rotatable bonds is 6. The maximum atomic E-state index is 12.8. The third-order valence-corrected chi connectivity index (χ3v) is 4.28. The van der Waals surface area contributed by atoms with E-state index in [9.17, 15) is 18.0 Å². The summed E-state index contributed by atoms with van der Waals surface area (Å²) in [6.07, 6.45) is -0.910. The molecule has 28 heavy (non-hydrogen) atoms. The molecule has 0 heterocycles. The van der Waals surface area contributed by atoms with E-state index in [4.69, 9.17) is 22.8 Å². The monoisotopic (exact) mass is 403 g/mol. The van der Waals surface area contributed by atoms with Crippen molar-refractivity contribution in [1.82, 2.24) is 5.32 Å². The van der Waals surface area contributed by atoms with E-state index < -0.39 is 41.7 Å². The fourth-order valence-electron chi connectivity index (χ4n) is 1.74. The van der Waals surface area contributed by atoms with Crippen molar-refractivity contribution in [1.29, 1.82) is 0 Å². The van der Waals surface area contributed by atoms with Crippen LogP contribution in [0.5, 0.6) is 11.5 Å². The third-order valence-electron chi connectivity index (χ3n) is 4.28. The quantitative estimate of drug-likeness (QED) is 0.627. The Kier molecular flexibility index (Phi) is 7.78. The summed E-state index contributed by atoms with van der Waals surface area (Å²) in [6, 6.07) is 1.78. The smallest absolute Gasteiger partial charge is 0.387 e. The molecule has 1 saturated carbocycles. The average Bonchev–Trinajstić information content (AvgIpc) is 3.19. The van der Waals surface area contributed by atoms with Gasteiger partial charge in [-0.3, -0.25) is 4.79 Å². The Morgan fingerprint density at radius 3 is 2.04 bits per heavy atom. The standard InChI is InChI=1S/C12H11BF3NO3.C6H14O2/c1-19-8-2-5(13)3-9(20-12(15)16)10(8)11(18)17-7-4-6(7)14;1-5(2,7)6(3,4)8/h2-3,6-7,12H,4H2,1H3,(H,17,18);7-8H,1-4H3. The Labute approximate surface area is 163 Å². The van der Waals surface area contributed by atoms with Crippen molar-refractivity contribution >= 4 is 19.2 Å². The van der Waals surface area contributed by atoms with Gasteiger partial charge in [0, 0.05) is 6.42 Å². The molecule has 2 radical (unpaired) electrons. The van der Waals surface area contributed by atoms with Gasteiger partial charge in [0.15, 0.2) is 0 Å². The van der Waals surface area contributed by atoms with Crippen LogP contribution < -0.4 is 20.3 Å². The molecule has 1 fully saturated rings. The number of methoxy groups -OCH3 is 1. The molecule has 2 unspecified atom stereocenters. The van der Waals surface area contributed by atoms with Gasteiger partial charge in [0.2, 0.25) is 0 Å². The predicted molar refractivity (Wildman–Crippen MR) is 98.4 cm³/mol. The Bertz CT molecular complexity index is 677. The van der Waals surface area contributed by atoms with Crippen LogP contribution in [0.15, 0.2) is 12.1 Å². The van der Waals surface area contributed by atoms with E-state index in [0.717, 1.165) is 6.07 Å².